The van der Waals surface area contributed by atoms with Crippen molar-refractivity contribution in [1.29, 1.82) is 0 Å². The first-order valence-electron chi connectivity index (χ1n) is 5.48. The van der Waals surface area contributed by atoms with Gasteiger partial charge in [-0.3, -0.25) is 0 Å². The van der Waals surface area contributed by atoms with Crippen molar-refractivity contribution in [2.24, 2.45) is 0 Å². The highest BCUT2D eigenvalue weighted by Gasteiger charge is 2.07. The van der Waals surface area contributed by atoms with Gasteiger partial charge in [0.1, 0.15) is 0 Å². The zero-order valence-electron chi connectivity index (χ0n) is 10.0. The van der Waals surface area contributed by atoms with Crippen molar-refractivity contribution in [3.63, 3.8) is 0 Å². The molecular formula is C12H11F3N4. The Morgan fingerprint density at radius 3 is 2.58 bits per heavy atom. The molecular weight excluding hydrogens is 257 g/mol. The van der Waals surface area contributed by atoms with Gasteiger partial charge in [-0.05, 0) is 17.7 Å². The van der Waals surface area contributed by atoms with Crippen LogP contribution in [0.1, 0.15) is 5.56 Å². The molecule has 7 heteroatoms. The molecule has 0 fully saturated rings. The summed E-state index contributed by atoms with van der Waals surface area (Å²) in [5.41, 5.74) is 0.475. The first-order valence-corrected chi connectivity index (χ1v) is 5.48. The molecule has 0 unspecified atom stereocenters. The van der Waals surface area contributed by atoms with Gasteiger partial charge in [0.15, 0.2) is 23.3 Å². The summed E-state index contributed by atoms with van der Waals surface area (Å²) in [7, 11) is 1.60. The van der Waals surface area contributed by atoms with E-state index in [1.165, 1.54) is 6.07 Å². The SMILES string of the molecule is CNc1ncc(F)c(NCc2ccc(F)c(F)c2)n1. The third-order valence-electron chi connectivity index (χ3n) is 2.41. The largest absolute Gasteiger partial charge is 0.363 e. The predicted octanol–water partition coefficient (Wildman–Crippen LogP) is 2.55. The summed E-state index contributed by atoms with van der Waals surface area (Å²) in [6.07, 6.45) is 1.02. The maximum atomic E-state index is 13.4. The average Bonchev–Trinajstić information content (AvgIpc) is 2.41. The minimum Gasteiger partial charge on any atom is -0.363 e. The second kappa shape index (κ2) is 5.55. The van der Waals surface area contributed by atoms with Gasteiger partial charge in [0.25, 0.3) is 0 Å². The van der Waals surface area contributed by atoms with E-state index in [2.05, 4.69) is 20.6 Å². The molecule has 1 aromatic carbocycles. The van der Waals surface area contributed by atoms with Gasteiger partial charge < -0.3 is 10.6 Å². The highest BCUT2D eigenvalue weighted by Crippen LogP contribution is 2.14. The van der Waals surface area contributed by atoms with Crippen molar-refractivity contribution < 1.29 is 13.2 Å². The van der Waals surface area contributed by atoms with Crippen LogP contribution in [0.2, 0.25) is 0 Å². The van der Waals surface area contributed by atoms with Gasteiger partial charge in [-0.2, -0.15) is 4.98 Å². The number of anilines is 2. The molecule has 1 aromatic heterocycles. The van der Waals surface area contributed by atoms with E-state index in [4.69, 9.17) is 0 Å². The van der Waals surface area contributed by atoms with Crippen LogP contribution in [0.25, 0.3) is 0 Å². The van der Waals surface area contributed by atoms with Crippen LogP contribution in [-0.4, -0.2) is 17.0 Å². The molecule has 0 aliphatic rings. The molecule has 0 spiro atoms. The second-order valence-electron chi connectivity index (χ2n) is 3.74. The van der Waals surface area contributed by atoms with E-state index < -0.39 is 17.5 Å². The number of hydrogen-bond acceptors (Lipinski definition) is 4. The van der Waals surface area contributed by atoms with Crippen LogP contribution >= 0.6 is 0 Å². The first kappa shape index (κ1) is 13.1. The lowest BCUT2D eigenvalue weighted by Crippen LogP contribution is -2.07. The highest BCUT2D eigenvalue weighted by molar-refractivity contribution is 5.41. The molecule has 2 rings (SSSR count). The average molecular weight is 268 g/mol. The Morgan fingerprint density at radius 1 is 1.11 bits per heavy atom. The Morgan fingerprint density at radius 2 is 1.89 bits per heavy atom. The van der Waals surface area contributed by atoms with E-state index in [0.29, 0.717) is 5.56 Å². The Kier molecular flexibility index (Phi) is 3.84. The summed E-state index contributed by atoms with van der Waals surface area (Å²) in [4.78, 5) is 7.56. The molecule has 0 saturated carbocycles. The molecule has 0 bridgehead atoms. The van der Waals surface area contributed by atoms with Crippen LogP contribution in [0, 0.1) is 17.5 Å². The van der Waals surface area contributed by atoms with Crippen molar-refractivity contribution >= 4 is 11.8 Å². The molecule has 4 nitrogen and oxygen atoms in total. The van der Waals surface area contributed by atoms with Gasteiger partial charge in [-0.1, -0.05) is 6.07 Å². The summed E-state index contributed by atoms with van der Waals surface area (Å²) in [5.74, 6) is -2.24. The van der Waals surface area contributed by atoms with Gasteiger partial charge in [-0.15, -0.1) is 0 Å². The monoisotopic (exact) mass is 268 g/mol. The summed E-state index contributed by atoms with van der Waals surface area (Å²) in [5, 5.41) is 5.37. The number of nitrogens with zero attached hydrogens (tertiary/aromatic N) is 2. The molecule has 19 heavy (non-hydrogen) atoms. The lowest BCUT2D eigenvalue weighted by atomic mass is 10.2. The number of nitrogens with one attached hydrogen (secondary N) is 2. The van der Waals surface area contributed by atoms with Crippen molar-refractivity contribution in [3.05, 3.63) is 47.4 Å². The molecule has 100 valence electrons. The Bertz CT molecular complexity index is 589. The van der Waals surface area contributed by atoms with Gasteiger partial charge in [0.05, 0.1) is 6.20 Å². The van der Waals surface area contributed by atoms with Crippen molar-refractivity contribution in [1.82, 2.24) is 9.97 Å². The van der Waals surface area contributed by atoms with E-state index in [1.807, 2.05) is 0 Å². The number of benzene rings is 1. The number of hydrogen-bond donors (Lipinski definition) is 2. The van der Waals surface area contributed by atoms with Crippen molar-refractivity contribution in [3.8, 4) is 0 Å². The molecule has 1 heterocycles. The van der Waals surface area contributed by atoms with E-state index >= 15 is 0 Å². The standard InChI is InChI=1S/C12H11F3N4/c1-16-12-18-6-10(15)11(19-12)17-5-7-2-3-8(13)9(14)4-7/h2-4,6H,5H2,1H3,(H2,16,17,18,19). The fraction of sp³-hybridized carbons (Fsp3) is 0.167. The third-order valence-corrected chi connectivity index (χ3v) is 2.41. The minimum atomic E-state index is -0.946. The van der Waals surface area contributed by atoms with E-state index in [0.717, 1.165) is 18.3 Å². The molecule has 0 aliphatic carbocycles. The maximum Gasteiger partial charge on any atom is 0.224 e. The Labute approximate surface area is 107 Å². The molecule has 0 aliphatic heterocycles. The van der Waals surface area contributed by atoms with Crippen molar-refractivity contribution in [2.75, 3.05) is 17.7 Å². The number of aromatic nitrogens is 2. The second-order valence-corrected chi connectivity index (χ2v) is 3.74. The molecule has 2 aromatic rings. The smallest absolute Gasteiger partial charge is 0.224 e. The molecule has 0 radical (unpaired) electrons. The maximum absolute atomic E-state index is 13.4. The zero-order chi connectivity index (χ0) is 13.8. The molecule has 0 atom stereocenters. The lowest BCUT2D eigenvalue weighted by Gasteiger charge is -2.08. The quantitative estimate of drug-likeness (QED) is 0.894. The summed E-state index contributed by atoms with van der Waals surface area (Å²) >= 11 is 0. The van der Waals surface area contributed by atoms with Gasteiger partial charge in [0.2, 0.25) is 5.95 Å². The third kappa shape index (κ3) is 3.12. The molecule has 2 N–H and O–H groups in total. The van der Waals surface area contributed by atoms with E-state index in [1.54, 1.807) is 7.05 Å². The highest BCUT2D eigenvalue weighted by atomic mass is 19.2. The normalized spacial score (nSPS) is 10.3. The zero-order valence-corrected chi connectivity index (χ0v) is 10.0. The van der Waals surface area contributed by atoms with Crippen LogP contribution < -0.4 is 10.6 Å². The van der Waals surface area contributed by atoms with E-state index in [-0.39, 0.29) is 18.3 Å². The fourth-order valence-electron chi connectivity index (χ4n) is 1.45. The van der Waals surface area contributed by atoms with Crippen LogP contribution in [-0.2, 0) is 6.54 Å². The van der Waals surface area contributed by atoms with Crippen LogP contribution in [0.3, 0.4) is 0 Å². The predicted molar refractivity (Wildman–Crippen MR) is 65.2 cm³/mol. The van der Waals surface area contributed by atoms with Crippen molar-refractivity contribution in [2.45, 2.75) is 6.54 Å². The van der Waals surface area contributed by atoms with Crippen LogP contribution in [0.15, 0.2) is 24.4 Å². The topological polar surface area (TPSA) is 49.8 Å². The summed E-state index contributed by atoms with van der Waals surface area (Å²) in [6, 6.07) is 3.46. The molecule has 0 saturated heterocycles. The first-order chi connectivity index (χ1) is 9.10. The van der Waals surface area contributed by atoms with Gasteiger partial charge >= 0.3 is 0 Å². The fourth-order valence-corrected chi connectivity index (χ4v) is 1.45. The lowest BCUT2D eigenvalue weighted by molar-refractivity contribution is 0.507. The van der Waals surface area contributed by atoms with Gasteiger partial charge in [0, 0.05) is 13.6 Å². The Hall–Kier alpha value is -2.31. The van der Waals surface area contributed by atoms with Crippen LogP contribution in [0.4, 0.5) is 24.9 Å². The minimum absolute atomic E-state index is 0.0101. The Balaban J connectivity index is 2.11. The number of rotatable bonds is 4. The summed E-state index contributed by atoms with van der Waals surface area (Å²) < 4.78 is 39.1. The summed E-state index contributed by atoms with van der Waals surface area (Å²) in [6.45, 7) is 0.119. The van der Waals surface area contributed by atoms with E-state index in [9.17, 15) is 13.2 Å². The number of halogens is 3. The molecule has 0 amide bonds. The van der Waals surface area contributed by atoms with Crippen LogP contribution in [0.5, 0.6) is 0 Å². The van der Waals surface area contributed by atoms with Gasteiger partial charge in [-0.25, -0.2) is 18.2 Å².